The van der Waals surface area contributed by atoms with Crippen molar-refractivity contribution in [2.45, 2.75) is 4.90 Å². The van der Waals surface area contributed by atoms with E-state index in [1.165, 1.54) is 29.6 Å². The van der Waals surface area contributed by atoms with Gasteiger partial charge in [-0.3, -0.25) is 4.79 Å². The zero-order valence-corrected chi connectivity index (χ0v) is 17.3. The van der Waals surface area contributed by atoms with Crippen molar-refractivity contribution in [2.75, 3.05) is 45.7 Å². The number of carbonyl (C=O) groups is 1. The standard InChI is InChI=1S/C19H22ClN3O4S/c1-22-8-10-23(11-9-22)28(25,26)16-6-7-18(27-2)17(13-16)19(24)21-15-5-3-4-14(20)12-15/h3-7,12-13H,8-11H2,1-2H3,(H,21,24). The lowest BCUT2D eigenvalue weighted by atomic mass is 10.2. The van der Waals surface area contributed by atoms with Gasteiger partial charge >= 0.3 is 0 Å². The number of halogens is 1. The Morgan fingerprint density at radius 3 is 2.46 bits per heavy atom. The minimum Gasteiger partial charge on any atom is -0.496 e. The molecule has 9 heteroatoms. The van der Waals surface area contributed by atoms with Gasteiger partial charge < -0.3 is 15.0 Å². The lowest BCUT2D eigenvalue weighted by Crippen LogP contribution is -2.47. The third kappa shape index (κ3) is 4.47. The maximum atomic E-state index is 13.0. The number of nitrogens with one attached hydrogen (secondary N) is 1. The first-order valence-corrected chi connectivity index (χ1v) is 10.6. The summed E-state index contributed by atoms with van der Waals surface area (Å²) in [6, 6.07) is 11.0. The van der Waals surface area contributed by atoms with Crippen LogP contribution in [0, 0.1) is 0 Å². The van der Waals surface area contributed by atoms with Gasteiger partial charge in [0.25, 0.3) is 5.91 Å². The highest BCUT2D eigenvalue weighted by Gasteiger charge is 2.29. The van der Waals surface area contributed by atoms with E-state index in [4.69, 9.17) is 16.3 Å². The van der Waals surface area contributed by atoms with Gasteiger partial charge in [0, 0.05) is 36.9 Å². The first-order chi connectivity index (χ1) is 13.3. The van der Waals surface area contributed by atoms with Gasteiger partial charge in [-0.05, 0) is 43.4 Å². The molecule has 1 fully saturated rings. The molecule has 1 N–H and O–H groups in total. The Bertz CT molecular complexity index is 973. The third-order valence-electron chi connectivity index (χ3n) is 4.60. The number of likely N-dealkylation sites (N-methyl/N-ethyl adjacent to an activating group) is 1. The average Bonchev–Trinajstić information content (AvgIpc) is 2.67. The topological polar surface area (TPSA) is 79.0 Å². The molecule has 0 spiro atoms. The maximum Gasteiger partial charge on any atom is 0.259 e. The van der Waals surface area contributed by atoms with E-state index < -0.39 is 15.9 Å². The van der Waals surface area contributed by atoms with E-state index in [1.54, 1.807) is 24.3 Å². The van der Waals surface area contributed by atoms with Gasteiger partial charge in [-0.2, -0.15) is 4.31 Å². The van der Waals surface area contributed by atoms with E-state index in [2.05, 4.69) is 10.2 Å². The van der Waals surface area contributed by atoms with Gasteiger partial charge in [0.15, 0.2) is 0 Å². The van der Waals surface area contributed by atoms with Gasteiger partial charge in [-0.15, -0.1) is 0 Å². The molecule has 0 unspecified atom stereocenters. The molecule has 0 saturated carbocycles. The van der Waals surface area contributed by atoms with Gasteiger partial charge in [-0.1, -0.05) is 17.7 Å². The Balaban J connectivity index is 1.90. The summed E-state index contributed by atoms with van der Waals surface area (Å²) in [5, 5.41) is 3.20. The number of hydrogen-bond acceptors (Lipinski definition) is 5. The second-order valence-electron chi connectivity index (χ2n) is 6.53. The van der Waals surface area contributed by atoms with Crippen LogP contribution in [-0.4, -0.2) is 63.9 Å². The van der Waals surface area contributed by atoms with Crippen LogP contribution in [0.15, 0.2) is 47.4 Å². The molecule has 1 aliphatic heterocycles. The van der Waals surface area contributed by atoms with Crippen LogP contribution in [0.3, 0.4) is 0 Å². The third-order valence-corrected chi connectivity index (χ3v) is 6.73. The highest BCUT2D eigenvalue weighted by Crippen LogP contribution is 2.26. The fraction of sp³-hybridized carbons (Fsp3) is 0.316. The van der Waals surface area contributed by atoms with Crippen LogP contribution in [0.5, 0.6) is 5.75 Å². The van der Waals surface area contributed by atoms with Crippen molar-refractivity contribution in [1.29, 1.82) is 0 Å². The summed E-state index contributed by atoms with van der Waals surface area (Å²) < 4.78 is 32.7. The molecule has 2 aromatic carbocycles. The Morgan fingerprint density at radius 2 is 1.82 bits per heavy atom. The van der Waals surface area contributed by atoms with Crippen molar-refractivity contribution in [2.24, 2.45) is 0 Å². The van der Waals surface area contributed by atoms with Gasteiger partial charge in [0.1, 0.15) is 5.75 Å². The summed E-state index contributed by atoms with van der Waals surface area (Å²) in [6.45, 7) is 2.15. The Kier molecular flexibility index (Phi) is 6.24. The largest absolute Gasteiger partial charge is 0.496 e. The highest BCUT2D eigenvalue weighted by atomic mass is 35.5. The minimum atomic E-state index is -3.70. The fourth-order valence-electron chi connectivity index (χ4n) is 2.97. The second-order valence-corrected chi connectivity index (χ2v) is 8.91. The lowest BCUT2D eigenvalue weighted by molar-refractivity contribution is 0.102. The molecular weight excluding hydrogens is 402 g/mol. The van der Waals surface area contributed by atoms with Crippen LogP contribution in [0.25, 0.3) is 0 Å². The van der Waals surface area contributed by atoms with Crippen molar-refractivity contribution in [3.8, 4) is 5.75 Å². The summed E-state index contributed by atoms with van der Waals surface area (Å²) in [5.41, 5.74) is 0.643. The van der Waals surface area contributed by atoms with E-state index in [0.717, 1.165) is 0 Å². The maximum absolute atomic E-state index is 13.0. The molecule has 0 bridgehead atoms. The number of ether oxygens (including phenoxy) is 1. The minimum absolute atomic E-state index is 0.0640. The molecule has 150 valence electrons. The van der Waals surface area contributed by atoms with E-state index >= 15 is 0 Å². The molecule has 1 saturated heterocycles. The molecule has 7 nitrogen and oxygen atoms in total. The van der Waals surface area contributed by atoms with Crippen LogP contribution in [0.1, 0.15) is 10.4 Å². The quantitative estimate of drug-likeness (QED) is 0.799. The molecule has 0 atom stereocenters. The van der Waals surface area contributed by atoms with E-state index in [1.807, 2.05) is 7.05 Å². The molecule has 3 rings (SSSR count). The number of hydrogen-bond donors (Lipinski definition) is 1. The summed E-state index contributed by atoms with van der Waals surface area (Å²) in [5.74, 6) is -0.189. The SMILES string of the molecule is COc1ccc(S(=O)(=O)N2CCN(C)CC2)cc1C(=O)Nc1cccc(Cl)c1. The van der Waals surface area contributed by atoms with Crippen LogP contribution in [-0.2, 0) is 10.0 Å². The van der Waals surface area contributed by atoms with E-state index in [9.17, 15) is 13.2 Å². The van der Waals surface area contributed by atoms with Crippen LogP contribution >= 0.6 is 11.6 Å². The lowest BCUT2D eigenvalue weighted by Gasteiger charge is -2.31. The molecular formula is C19H22ClN3O4S. The predicted octanol–water partition coefficient (Wildman–Crippen LogP) is 2.54. The molecule has 1 aliphatic rings. The van der Waals surface area contributed by atoms with Crippen molar-refractivity contribution in [3.63, 3.8) is 0 Å². The van der Waals surface area contributed by atoms with E-state index in [0.29, 0.717) is 36.9 Å². The molecule has 0 radical (unpaired) electrons. The van der Waals surface area contributed by atoms with Gasteiger partial charge in [0.2, 0.25) is 10.0 Å². The average molecular weight is 424 g/mol. The highest BCUT2D eigenvalue weighted by molar-refractivity contribution is 7.89. The first kappa shape index (κ1) is 20.6. The normalized spacial score (nSPS) is 16.0. The van der Waals surface area contributed by atoms with Crippen LogP contribution in [0.2, 0.25) is 5.02 Å². The zero-order chi connectivity index (χ0) is 20.3. The zero-order valence-electron chi connectivity index (χ0n) is 15.7. The predicted molar refractivity (Wildman–Crippen MR) is 109 cm³/mol. The molecule has 1 heterocycles. The molecule has 0 aliphatic carbocycles. The number of rotatable bonds is 5. The number of piperazine rings is 1. The summed E-state index contributed by atoms with van der Waals surface area (Å²) in [4.78, 5) is 14.9. The van der Waals surface area contributed by atoms with Crippen LogP contribution in [0.4, 0.5) is 5.69 Å². The Labute approximate surface area is 169 Å². The van der Waals surface area contributed by atoms with Gasteiger partial charge in [0.05, 0.1) is 17.6 Å². The van der Waals surface area contributed by atoms with Crippen molar-refractivity contribution in [3.05, 3.63) is 53.1 Å². The number of benzene rings is 2. The van der Waals surface area contributed by atoms with E-state index in [-0.39, 0.29) is 16.2 Å². The van der Waals surface area contributed by atoms with Gasteiger partial charge in [-0.25, -0.2) is 8.42 Å². The molecule has 0 aromatic heterocycles. The van der Waals surface area contributed by atoms with Crippen molar-refractivity contribution in [1.82, 2.24) is 9.21 Å². The molecule has 1 amide bonds. The molecule has 2 aromatic rings. The monoisotopic (exact) mass is 423 g/mol. The summed E-state index contributed by atoms with van der Waals surface area (Å²) in [6.07, 6.45) is 0. The Morgan fingerprint density at radius 1 is 1.11 bits per heavy atom. The smallest absolute Gasteiger partial charge is 0.259 e. The second kappa shape index (κ2) is 8.48. The number of methoxy groups -OCH3 is 1. The number of anilines is 1. The van der Waals surface area contributed by atoms with Crippen LogP contribution < -0.4 is 10.1 Å². The number of amides is 1. The first-order valence-electron chi connectivity index (χ1n) is 8.75. The number of sulfonamides is 1. The summed E-state index contributed by atoms with van der Waals surface area (Å²) in [7, 11) is -0.311. The number of carbonyl (C=O) groups excluding carboxylic acids is 1. The summed E-state index contributed by atoms with van der Waals surface area (Å²) >= 11 is 5.95. The number of nitrogens with zero attached hydrogens (tertiary/aromatic N) is 2. The molecule has 28 heavy (non-hydrogen) atoms. The fourth-order valence-corrected chi connectivity index (χ4v) is 4.61. The van der Waals surface area contributed by atoms with Crippen molar-refractivity contribution < 1.29 is 17.9 Å². The Hall–Kier alpha value is -2.13. The van der Waals surface area contributed by atoms with Crippen molar-refractivity contribution >= 4 is 33.2 Å².